The summed E-state index contributed by atoms with van der Waals surface area (Å²) in [4.78, 5) is 0. The molecule has 0 radical (unpaired) electrons. The fraction of sp³-hybridized carbons (Fsp3) is 0.647. The van der Waals surface area contributed by atoms with Crippen LogP contribution in [-0.2, 0) is 0 Å². The van der Waals surface area contributed by atoms with E-state index in [-0.39, 0.29) is 11.4 Å². The zero-order valence-electron chi connectivity index (χ0n) is 12.7. The zero-order valence-corrected chi connectivity index (χ0v) is 14.3. The van der Waals surface area contributed by atoms with Crippen LogP contribution in [0.4, 0.5) is 4.39 Å². The molecule has 1 N–H and O–H groups in total. The number of hydrogen-bond donors (Lipinski definition) is 1. The van der Waals surface area contributed by atoms with E-state index in [1.165, 1.54) is 19.3 Å². The van der Waals surface area contributed by atoms with Crippen LogP contribution in [0.25, 0.3) is 0 Å². The molecule has 1 aromatic rings. The molecule has 1 saturated carbocycles. The molecule has 0 heterocycles. The van der Waals surface area contributed by atoms with Crippen LogP contribution in [0.1, 0.15) is 57.9 Å². The highest BCUT2D eigenvalue weighted by atomic mass is 79.9. The monoisotopic (exact) mass is 341 g/mol. The van der Waals surface area contributed by atoms with Gasteiger partial charge in [0.1, 0.15) is 5.82 Å². The molecule has 2 atom stereocenters. The van der Waals surface area contributed by atoms with E-state index in [0.29, 0.717) is 11.8 Å². The predicted octanol–water partition coefficient (Wildman–Crippen LogP) is 5.25. The van der Waals surface area contributed by atoms with Crippen LogP contribution in [0.5, 0.6) is 0 Å². The van der Waals surface area contributed by atoms with Gasteiger partial charge in [-0.15, -0.1) is 0 Å². The third kappa shape index (κ3) is 4.29. The van der Waals surface area contributed by atoms with Crippen molar-refractivity contribution >= 4 is 15.9 Å². The Balaban J connectivity index is 2.16. The third-order valence-electron chi connectivity index (χ3n) is 4.16. The number of halogens is 2. The van der Waals surface area contributed by atoms with E-state index in [2.05, 4.69) is 42.0 Å². The highest BCUT2D eigenvalue weighted by Crippen LogP contribution is 2.39. The van der Waals surface area contributed by atoms with Gasteiger partial charge < -0.3 is 5.32 Å². The van der Waals surface area contributed by atoms with Crippen molar-refractivity contribution < 1.29 is 4.39 Å². The maximum Gasteiger partial charge on any atom is 0.126 e. The summed E-state index contributed by atoms with van der Waals surface area (Å²) in [6, 6.07) is 5.34. The first-order valence-electron chi connectivity index (χ1n) is 7.57. The van der Waals surface area contributed by atoms with Crippen LogP contribution in [0.2, 0.25) is 0 Å². The molecule has 3 heteroatoms. The Kier molecular flexibility index (Phi) is 5.25. The van der Waals surface area contributed by atoms with Crippen molar-refractivity contribution in [2.45, 2.75) is 57.9 Å². The Morgan fingerprint density at radius 1 is 1.25 bits per heavy atom. The molecule has 1 nitrogen and oxygen atoms in total. The van der Waals surface area contributed by atoms with Gasteiger partial charge in [0.25, 0.3) is 0 Å². The molecule has 1 aromatic carbocycles. The Bertz CT molecular complexity index is 453. The average Bonchev–Trinajstić information content (AvgIpc) is 2.39. The van der Waals surface area contributed by atoms with Gasteiger partial charge in [-0.3, -0.25) is 0 Å². The molecule has 1 aliphatic carbocycles. The summed E-state index contributed by atoms with van der Waals surface area (Å²) in [5, 5.41) is 3.59. The van der Waals surface area contributed by atoms with Crippen LogP contribution >= 0.6 is 15.9 Å². The molecule has 0 saturated heterocycles. The van der Waals surface area contributed by atoms with Gasteiger partial charge in [-0.25, -0.2) is 4.39 Å². The van der Waals surface area contributed by atoms with Crippen molar-refractivity contribution in [2.24, 2.45) is 5.92 Å². The standard InChI is InChI=1S/C17H25BrFN/c1-17(2,3)20-11-12-6-4-5-7-14(12)15-10-13(18)8-9-16(15)19/h8-10,12,14,20H,4-7,11H2,1-3H3. The normalized spacial score (nSPS) is 23.9. The second-order valence-corrected chi connectivity index (χ2v) is 7.86. The van der Waals surface area contributed by atoms with Crippen LogP contribution < -0.4 is 5.32 Å². The minimum Gasteiger partial charge on any atom is -0.312 e. The zero-order chi connectivity index (χ0) is 14.8. The lowest BCUT2D eigenvalue weighted by Crippen LogP contribution is -2.41. The lowest BCUT2D eigenvalue weighted by Gasteiger charge is -2.34. The topological polar surface area (TPSA) is 12.0 Å². The lowest BCUT2D eigenvalue weighted by molar-refractivity contribution is 0.265. The van der Waals surface area contributed by atoms with E-state index < -0.39 is 0 Å². The van der Waals surface area contributed by atoms with Crippen molar-refractivity contribution in [1.29, 1.82) is 0 Å². The highest BCUT2D eigenvalue weighted by Gasteiger charge is 2.29. The summed E-state index contributed by atoms with van der Waals surface area (Å²) in [5.41, 5.74) is 1.01. The minimum atomic E-state index is -0.0548. The van der Waals surface area contributed by atoms with Gasteiger partial charge in [0, 0.05) is 10.0 Å². The van der Waals surface area contributed by atoms with Gasteiger partial charge in [-0.1, -0.05) is 28.8 Å². The molecule has 1 aliphatic rings. The van der Waals surface area contributed by atoms with E-state index in [9.17, 15) is 4.39 Å². The van der Waals surface area contributed by atoms with E-state index >= 15 is 0 Å². The summed E-state index contributed by atoms with van der Waals surface area (Å²) in [5.74, 6) is 0.823. The molecular weight excluding hydrogens is 317 g/mol. The largest absolute Gasteiger partial charge is 0.312 e. The maximum atomic E-state index is 14.2. The first-order chi connectivity index (χ1) is 9.37. The van der Waals surface area contributed by atoms with Crippen molar-refractivity contribution in [1.82, 2.24) is 5.32 Å². The van der Waals surface area contributed by atoms with E-state index in [1.807, 2.05) is 6.07 Å². The molecule has 20 heavy (non-hydrogen) atoms. The number of benzene rings is 1. The number of hydrogen-bond acceptors (Lipinski definition) is 1. The van der Waals surface area contributed by atoms with Crippen LogP contribution in [0, 0.1) is 11.7 Å². The number of nitrogens with one attached hydrogen (secondary N) is 1. The van der Waals surface area contributed by atoms with E-state index in [1.54, 1.807) is 12.1 Å². The summed E-state index contributed by atoms with van der Waals surface area (Å²) < 4.78 is 15.1. The second kappa shape index (κ2) is 6.57. The highest BCUT2D eigenvalue weighted by molar-refractivity contribution is 9.10. The van der Waals surface area contributed by atoms with Gasteiger partial charge in [-0.05, 0) is 75.8 Å². The van der Waals surface area contributed by atoms with Crippen molar-refractivity contribution in [3.8, 4) is 0 Å². The quantitative estimate of drug-likeness (QED) is 0.791. The van der Waals surface area contributed by atoms with Gasteiger partial charge in [-0.2, -0.15) is 0 Å². The fourth-order valence-electron chi connectivity index (χ4n) is 3.10. The Morgan fingerprint density at radius 2 is 1.95 bits per heavy atom. The van der Waals surface area contributed by atoms with Crippen LogP contribution in [0.3, 0.4) is 0 Å². The lowest BCUT2D eigenvalue weighted by atomic mass is 9.75. The summed E-state index contributed by atoms with van der Waals surface area (Å²) in [6.07, 6.45) is 4.77. The van der Waals surface area contributed by atoms with Crippen LogP contribution in [-0.4, -0.2) is 12.1 Å². The molecule has 2 rings (SSSR count). The summed E-state index contributed by atoms with van der Waals surface area (Å²) in [6.45, 7) is 7.53. The third-order valence-corrected chi connectivity index (χ3v) is 4.65. The molecule has 1 fully saturated rings. The van der Waals surface area contributed by atoms with Crippen molar-refractivity contribution in [3.05, 3.63) is 34.1 Å². The number of rotatable bonds is 3. The molecule has 0 aliphatic heterocycles. The molecule has 0 amide bonds. The van der Waals surface area contributed by atoms with Gasteiger partial charge in [0.05, 0.1) is 0 Å². The molecule has 0 aromatic heterocycles. The first kappa shape index (κ1) is 16.0. The fourth-order valence-corrected chi connectivity index (χ4v) is 3.48. The minimum absolute atomic E-state index is 0.0548. The predicted molar refractivity (Wildman–Crippen MR) is 86.6 cm³/mol. The first-order valence-corrected chi connectivity index (χ1v) is 8.36. The Morgan fingerprint density at radius 3 is 2.65 bits per heavy atom. The Labute approximate surface area is 130 Å². The molecule has 0 spiro atoms. The summed E-state index contributed by atoms with van der Waals surface area (Å²) in [7, 11) is 0. The maximum absolute atomic E-state index is 14.2. The van der Waals surface area contributed by atoms with Crippen LogP contribution in [0.15, 0.2) is 22.7 Å². The smallest absolute Gasteiger partial charge is 0.126 e. The van der Waals surface area contributed by atoms with E-state index in [0.717, 1.165) is 23.0 Å². The Hall–Kier alpha value is -0.410. The van der Waals surface area contributed by atoms with Crippen molar-refractivity contribution in [3.63, 3.8) is 0 Å². The average molecular weight is 342 g/mol. The van der Waals surface area contributed by atoms with Crippen molar-refractivity contribution in [2.75, 3.05) is 6.54 Å². The molecule has 112 valence electrons. The van der Waals surface area contributed by atoms with Gasteiger partial charge in [0.15, 0.2) is 0 Å². The molecule has 0 bridgehead atoms. The SMILES string of the molecule is CC(C)(C)NCC1CCCCC1c1cc(Br)ccc1F. The van der Waals surface area contributed by atoms with Gasteiger partial charge >= 0.3 is 0 Å². The van der Waals surface area contributed by atoms with Gasteiger partial charge in [0.2, 0.25) is 0 Å². The molecule has 2 unspecified atom stereocenters. The van der Waals surface area contributed by atoms with E-state index in [4.69, 9.17) is 0 Å². The second-order valence-electron chi connectivity index (χ2n) is 6.95. The summed E-state index contributed by atoms with van der Waals surface area (Å²) >= 11 is 3.47. The molecular formula is C17H25BrFN.